The van der Waals surface area contributed by atoms with Crippen molar-refractivity contribution in [2.24, 2.45) is 11.8 Å². The van der Waals surface area contributed by atoms with E-state index in [9.17, 15) is 0 Å². The Morgan fingerprint density at radius 3 is 1.74 bits per heavy atom. The lowest BCUT2D eigenvalue weighted by Gasteiger charge is -2.26. The Kier molecular flexibility index (Phi) is 7.15. The predicted molar refractivity (Wildman–Crippen MR) is 199 cm³/mol. The molecule has 0 amide bonds. The SMILES string of the molecule is Cc1ccc(-c2c3ccccc3c(-c3ccccc3-c3ccc4ccccc4c3)c3ccccc23)cc1C1C=CC=CC(C)C1C. The zero-order valence-electron chi connectivity index (χ0n) is 26.7. The van der Waals surface area contributed by atoms with Crippen LogP contribution in [0.15, 0.2) is 158 Å². The van der Waals surface area contributed by atoms with E-state index in [1.54, 1.807) is 0 Å². The number of hydrogen-bond donors (Lipinski definition) is 0. The summed E-state index contributed by atoms with van der Waals surface area (Å²) in [4.78, 5) is 0. The smallest absolute Gasteiger partial charge is 0.00550 e. The van der Waals surface area contributed by atoms with Crippen molar-refractivity contribution >= 4 is 32.3 Å². The van der Waals surface area contributed by atoms with Gasteiger partial charge in [0.2, 0.25) is 0 Å². The molecule has 7 aromatic carbocycles. The molecule has 7 aromatic rings. The van der Waals surface area contributed by atoms with Gasteiger partial charge in [0.1, 0.15) is 0 Å². The van der Waals surface area contributed by atoms with Gasteiger partial charge >= 0.3 is 0 Å². The third-order valence-electron chi connectivity index (χ3n) is 10.4. The summed E-state index contributed by atoms with van der Waals surface area (Å²) in [6, 6.07) is 49.6. The summed E-state index contributed by atoms with van der Waals surface area (Å²) in [5.41, 5.74) is 10.4. The van der Waals surface area contributed by atoms with Gasteiger partial charge in [0.05, 0.1) is 0 Å². The van der Waals surface area contributed by atoms with E-state index in [0.29, 0.717) is 17.8 Å². The van der Waals surface area contributed by atoms with Gasteiger partial charge in [0.15, 0.2) is 0 Å². The van der Waals surface area contributed by atoms with Crippen LogP contribution in [0.2, 0.25) is 0 Å². The zero-order valence-corrected chi connectivity index (χ0v) is 26.7. The molecule has 8 rings (SSSR count). The third kappa shape index (κ3) is 4.77. The van der Waals surface area contributed by atoms with Gasteiger partial charge in [0.25, 0.3) is 0 Å². The fraction of sp³-hybridized carbons (Fsp3) is 0.130. The first-order chi connectivity index (χ1) is 22.6. The van der Waals surface area contributed by atoms with Gasteiger partial charge in [-0.3, -0.25) is 0 Å². The summed E-state index contributed by atoms with van der Waals surface area (Å²) in [6.07, 6.45) is 9.20. The molecule has 0 N–H and O–H groups in total. The molecule has 0 fully saturated rings. The predicted octanol–water partition coefficient (Wildman–Crippen LogP) is 12.9. The molecular formula is C46H38. The second-order valence-electron chi connectivity index (χ2n) is 13.0. The second kappa shape index (κ2) is 11.6. The van der Waals surface area contributed by atoms with Crippen LogP contribution in [0.5, 0.6) is 0 Å². The number of benzene rings is 7. The minimum atomic E-state index is 0.371. The minimum absolute atomic E-state index is 0.371. The molecule has 1 aliphatic rings. The first-order valence-electron chi connectivity index (χ1n) is 16.6. The van der Waals surface area contributed by atoms with Crippen LogP contribution in [0.3, 0.4) is 0 Å². The summed E-state index contributed by atoms with van der Waals surface area (Å²) >= 11 is 0. The summed E-state index contributed by atoms with van der Waals surface area (Å²) < 4.78 is 0. The Morgan fingerprint density at radius 2 is 1.02 bits per heavy atom. The van der Waals surface area contributed by atoms with Crippen molar-refractivity contribution in [3.8, 4) is 33.4 Å². The van der Waals surface area contributed by atoms with E-state index in [1.807, 2.05) is 0 Å². The van der Waals surface area contributed by atoms with Crippen molar-refractivity contribution in [3.05, 3.63) is 169 Å². The summed E-state index contributed by atoms with van der Waals surface area (Å²) in [7, 11) is 0. The molecule has 0 saturated heterocycles. The molecule has 0 spiro atoms. The van der Waals surface area contributed by atoms with E-state index in [0.717, 1.165) is 0 Å². The van der Waals surface area contributed by atoms with Crippen LogP contribution in [0.4, 0.5) is 0 Å². The molecule has 1 aliphatic carbocycles. The monoisotopic (exact) mass is 590 g/mol. The van der Waals surface area contributed by atoms with Gasteiger partial charge in [0, 0.05) is 5.92 Å². The van der Waals surface area contributed by atoms with Crippen molar-refractivity contribution in [1.29, 1.82) is 0 Å². The van der Waals surface area contributed by atoms with Crippen molar-refractivity contribution in [2.45, 2.75) is 26.7 Å². The highest BCUT2D eigenvalue weighted by Gasteiger charge is 2.25. The maximum absolute atomic E-state index is 2.48. The largest absolute Gasteiger partial charge is 0.0814 e. The molecule has 3 atom stereocenters. The first-order valence-corrected chi connectivity index (χ1v) is 16.6. The number of allylic oxidation sites excluding steroid dienone is 4. The fourth-order valence-electron chi connectivity index (χ4n) is 7.68. The average Bonchev–Trinajstić information content (AvgIpc) is 3.27. The van der Waals surface area contributed by atoms with Crippen molar-refractivity contribution in [1.82, 2.24) is 0 Å². The van der Waals surface area contributed by atoms with Gasteiger partial charge in [-0.25, -0.2) is 0 Å². The Hall–Kier alpha value is -5.20. The average molecular weight is 591 g/mol. The van der Waals surface area contributed by atoms with E-state index < -0.39 is 0 Å². The Morgan fingerprint density at radius 1 is 0.457 bits per heavy atom. The molecule has 0 radical (unpaired) electrons. The summed E-state index contributed by atoms with van der Waals surface area (Å²) in [5.74, 6) is 1.41. The molecule has 0 saturated carbocycles. The molecule has 0 aliphatic heterocycles. The number of hydrogen-bond acceptors (Lipinski definition) is 0. The van der Waals surface area contributed by atoms with Crippen LogP contribution in [0.25, 0.3) is 65.7 Å². The molecule has 222 valence electrons. The van der Waals surface area contributed by atoms with Gasteiger partial charge < -0.3 is 0 Å². The van der Waals surface area contributed by atoms with Crippen molar-refractivity contribution < 1.29 is 0 Å². The standard InChI is InChI=1S/C46H38/c1-30-14-4-7-17-37(32(30)3)44-29-36(25-24-31(44)2)45-40-20-10-12-22-42(40)46(43-23-13-11-21-41(43)45)39-19-9-8-18-38(39)35-27-26-33-15-5-6-16-34(33)28-35/h4-30,32,37H,1-3H3. The van der Waals surface area contributed by atoms with E-state index >= 15 is 0 Å². The van der Waals surface area contributed by atoms with E-state index in [-0.39, 0.29) is 0 Å². The second-order valence-corrected chi connectivity index (χ2v) is 13.0. The molecule has 0 nitrogen and oxygen atoms in total. The lowest BCUT2D eigenvalue weighted by molar-refractivity contribution is 0.421. The van der Waals surface area contributed by atoms with Crippen LogP contribution in [0.1, 0.15) is 30.9 Å². The molecular weight excluding hydrogens is 553 g/mol. The van der Waals surface area contributed by atoms with Crippen LogP contribution >= 0.6 is 0 Å². The van der Waals surface area contributed by atoms with E-state index in [2.05, 4.69) is 179 Å². The van der Waals surface area contributed by atoms with Crippen LogP contribution < -0.4 is 0 Å². The molecule has 0 heterocycles. The third-order valence-corrected chi connectivity index (χ3v) is 10.4. The zero-order chi connectivity index (χ0) is 31.2. The summed E-state index contributed by atoms with van der Waals surface area (Å²) in [6.45, 7) is 7.01. The van der Waals surface area contributed by atoms with Gasteiger partial charge in [-0.1, -0.05) is 166 Å². The minimum Gasteiger partial charge on any atom is -0.0814 e. The van der Waals surface area contributed by atoms with Crippen molar-refractivity contribution in [3.63, 3.8) is 0 Å². The van der Waals surface area contributed by atoms with Crippen LogP contribution in [0, 0.1) is 18.8 Å². The van der Waals surface area contributed by atoms with Crippen LogP contribution in [-0.4, -0.2) is 0 Å². The lowest BCUT2D eigenvalue weighted by Crippen LogP contribution is -2.14. The van der Waals surface area contributed by atoms with Crippen molar-refractivity contribution in [2.75, 3.05) is 0 Å². The van der Waals surface area contributed by atoms with E-state index in [4.69, 9.17) is 0 Å². The molecule has 46 heavy (non-hydrogen) atoms. The Bertz CT molecular complexity index is 2260. The normalized spacial score (nSPS) is 17.9. The Labute approximate surface area is 272 Å². The van der Waals surface area contributed by atoms with Gasteiger partial charge in [-0.15, -0.1) is 0 Å². The number of rotatable bonds is 4. The maximum Gasteiger partial charge on any atom is 0.00550 e. The molecule has 0 heteroatoms. The highest BCUT2D eigenvalue weighted by atomic mass is 14.3. The highest BCUT2D eigenvalue weighted by Crippen LogP contribution is 2.47. The topological polar surface area (TPSA) is 0 Å². The number of aryl methyl sites for hydroxylation is 1. The molecule has 3 unspecified atom stereocenters. The quantitative estimate of drug-likeness (QED) is 0.179. The van der Waals surface area contributed by atoms with Gasteiger partial charge in [-0.2, -0.15) is 0 Å². The van der Waals surface area contributed by atoms with E-state index in [1.165, 1.54) is 76.8 Å². The summed E-state index contributed by atoms with van der Waals surface area (Å²) in [5, 5.41) is 7.68. The first kappa shape index (κ1) is 28.3. The number of fused-ring (bicyclic) bond motifs is 3. The maximum atomic E-state index is 2.48. The molecule has 0 aromatic heterocycles. The molecule has 0 bridgehead atoms. The van der Waals surface area contributed by atoms with Crippen LogP contribution in [-0.2, 0) is 0 Å². The lowest BCUT2D eigenvalue weighted by atomic mass is 9.77. The highest BCUT2D eigenvalue weighted by molar-refractivity contribution is 6.22. The van der Waals surface area contributed by atoms with Gasteiger partial charge in [-0.05, 0) is 102 Å². The fourth-order valence-corrected chi connectivity index (χ4v) is 7.68. The Balaban J connectivity index is 1.38.